The average molecular weight is 288 g/mol. The number of benzene rings is 1. The van der Waals surface area contributed by atoms with Crippen LogP contribution < -0.4 is 10.6 Å². The summed E-state index contributed by atoms with van der Waals surface area (Å²) < 4.78 is 0. The molecule has 2 atom stereocenters. The van der Waals surface area contributed by atoms with Crippen molar-refractivity contribution >= 4 is 17.5 Å². The lowest BCUT2D eigenvalue weighted by molar-refractivity contribution is 0.101. The summed E-state index contributed by atoms with van der Waals surface area (Å²) >= 11 is 0. The van der Waals surface area contributed by atoms with Crippen LogP contribution in [0, 0.1) is 5.92 Å². The van der Waals surface area contributed by atoms with Crippen molar-refractivity contribution in [3.05, 3.63) is 29.8 Å². The minimum absolute atomic E-state index is 0.0267. The summed E-state index contributed by atoms with van der Waals surface area (Å²) in [7, 11) is 0. The zero-order valence-electron chi connectivity index (χ0n) is 12.8. The number of carbonyl (C=O) groups is 2. The fourth-order valence-corrected chi connectivity index (χ4v) is 2.93. The Kier molecular flexibility index (Phi) is 5.37. The molecular weight excluding hydrogens is 264 g/mol. The number of hydrogen-bond acceptors (Lipinski definition) is 2. The maximum Gasteiger partial charge on any atom is 0.319 e. The van der Waals surface area contributed by atoms with Crippen LogP contribution in [0.15, 0.2) is 24.3 Å². The molecule has 1 saturated carbocycles. The van der Waals surface area contributed by atoms with Crippen LogP contribution in [-0.2, 0) is 0 Å². The zero-order valence-corrected chi connectivity index (χ0v) is 12.8. The third-order valence-electron chi connectivity index (χ3n) is 4.24. The maximum absolute atomic E-state index is 12.0. The second-order valence-corrected chi connectivity index (χ2v) is 5.87. The first-order chi connectivity index (χ1) is 10.1. The molecule has 114 valence electrons. The van der Waals surface area contributed by atoms with Gasteiger partial charge in [0.05, 0.1) is 0 Å². The van der Waals surface area contributed by atoms with Gasteiger partial charge in [-0.25, -0.2) is 4.79 Å². The van der Waals surface area contributed by atoms with Crippen LogP contribution in [0.5, 0.6) is 0 Å². The summed E-state index contributed by atoms with van der Waals surface area (Å²) in [5.41, 5.74) is 1.36. The van der Waals surface area contributed by atoms with Gasteiger partial charge in [0.2, 0.25) is 0 Å². The second-order valence-electron chi connectivity index (χ2n) is 5.87. The molecule has 0 heterocycles. The van der Waals surface area contributed by atoms with Gasteiger partial charge in [-0.1, -0.05) is 26.2 Å². The topological polar surface area (TPSA) is 58.2 Å². The first-order valence-corrected chi connectivity index (χ1v) is 7.77. The minimum atomic E-state index is -0.160. The number of nitrogens with one attached hydrogen (secondary N) is 2. The zero-order chi connectivity index (χ0) is 15.2. The van der Waals surface area contributed by atoms with E-state index in [9.17, 15) is 9.59 Å². The molecule has 0 aromatic heterocycles. The fourth-order valence-electron chi connectivity index (χ4n) is 2.93. The van der Waals surface area contributed by atoms with E-state index < -0.39 is 0 Å². The monoisotopic (exact) mass is 288 g/mol. The van der Waals surface area contributed by atoms with Gasteiger partial charge in [0, 0.05) is 17.3 Å². The maximum atomic E-state index is 12.0. The fraction of sp³-hybridized carbons (Fsp3) is 0.529. The third kappa shape index (κ3) is 4.59. The lowest BCUT2D eigenvalue weighted by atomic mass is 9.84. The molecule has 4 nitrogen and oxygen atoms in total. The van der Waals surface area contributed by atoms with Crippen LogP contribution in [0.3, 0.4) is 0 Å². The molecule has 1 fully saturated rings. The molecular formula is C17H24N2O2. The Labute approximate surface area is 126 Å². The first kappa shape index (κ1) is 15.5. The Morgan fingerprint density at radius 1 is 1.19 bits per heavy atom. The van der Waals surface area contributed by atoms with E-state index in [-0.39, 0.29) is 17.9 Å². The summed E-state index contributed by atoms with van der Waals surface area (Å²) in [4.78, 5) is 23.2. The minimum Gasteiger partial charge on any atom is -0.335 e. The quantitative estimate of drug-likeness (QED) is 0.823. The van der Waals surface area contributed by atoms with Gasteiger partial charge in [0.1, 0.15) is 0 Å². The summed E-state index contributed by atoms with van der Waals surface area (Å²) in [5, 5.41) is 5.88. The number of amides is 2. The molecule has 1 aliphatic carbocycles. The van der Waals surface area contributed by atoms with Crippen LogP contribution in [0.4, 0.5) is 10.5 Å². The van der Waals surface area contributed by atoms with E-state index in [1.807, 2.05) is 0 Å². The van der Waals surface area contributed by atoms with Gasteiger partial charge < -0.3 is 10.6 Å². The highest BCUT2D eigenvalue weighted by molar-refractivity contribution is 5.95. The van der Waals surface area contributed by atoms with E-state index in [1.54, 1.807) is 24.3 Å². The number of ketones is 1. The van der Waals surface area contributed by atoms with Gasteiger partial charge in [-0.05, 0) is 49.9 Å². The van der Waals surface area contributed by atoms with E-state index in [1.165, 1.54) is 26.2 Å². The summed E-state index contributed by atoms with van der Waals surface area (Å²) in [6.45, 7) is 3.74. The smallest absolute Gasteiger partial charge is 0.319 e. The van der Waals surface area contributed by atoms with Gasteiger partial charge in [-0.15, -0.1) is 0 Å². The molecule has 0 spiro atoms. The summed E-state index contributed by atoms with van der Waals surface area (Å²) in [6.07, 6.45) is 5.80. The van der Waals surface area contributed by atoms with Crippen LogP contribution in [0.25, 0.3) is 0 Å². The standard InChI is InChI=1S/C17H24N2O2/c1-3-13-5-4-6-16(11-13)19-17(21)18-15-9-7-14(8-10-15)12(2)20/h7-10,13,16H,3-6,11H2,1-2H3,(H2,18,19,21). The van der Waals surface area contributed by atoms with Crippen molar-refractivity contribution < 1.29 is 9.59 Å². The van der Waals surface area contributed by atoms with Crippen LogP contribution in [0.1, 0.15) is 56.3 Å². The SMILES string of the molecule is CCC1CCCC(NC(=O)Nc2ccc(C(C)=O)cc2)C1. The van der Waals surface area contributed by atoms with E-state index in [4.69, 9.17) is 0 Å². The number of hydrogen-bond donors (Lipinski definition) is 2. The molecule has 0 radical (unpaired) electrons. The highest BCUT2D eigenvalue weighted by atomic mass is 16.2. The second kappa shape index (κ2) is 7.25. The summed E-state index contributed by atoms with van der Waals surface area (Å²) in [6, 6.07) is 7.09. The number of carbonyl (C=O) groups excluding carboxylic acids is 2. The van der Waals surface area contributed by atoms with Crippen molar-refractivity contribution in [3.8, 4) is 0 Å². The van der Waals surface area contributed by atoms with Gasteiger partial charge in [-0.3, -0.25) is 4.79 Å². The molecule has 2 amide bonds. The predicted molar refractivity (Wildman–Crippen MR) is 84.6 cm³/mol. The Balaban J connectivity index is 1.85. The van der Waals surface area contributed by atoms with Crippen molar-refractivity contribution in [2.45, 2.75) is 52.0 Å². The molecule has 2 unspecified atom stereocenters. The van der Waals surface area contributed by atoms with Gasteiger partial charge in [0.25, 0.3) is 0 Å². The molecule has 4 heteroatoms. The molecule has 21 heavy (non-hydrogen) atoms. The van der Waals surface area contributed by atoms with Crippen LogP contribution in [0.2, 0.25) is 0 Å². The van der Waals surface area contributed by atoms with Gasteiger partial charge in [-0.2, -0.15) is 0 Å². The third-order valence-corrected chi connectivity index (χ3v) is 4.24. The number of Topliss-reactive ketones (excluding diaryl/α,β-unsaturated/α-hetero) is 1. The summed E-state index contributed by atoms with van der Waals surface area (Å²) in [5.74, 6) is 0.762. The van der Waals surface area contributed by atoms with E-state index in [2.05, 4.69) is 17.6 Å². The molecule has 2 rings (SSSR count). The van der Waals surface area contributed by atoms with Crippen LogP contribution >= 0.6 is 0 Å². The Hall–Kier alpha value is -1.84. The lowest BCUT2D eigenvalue weighted by Gasteiger charge is -2.29. The van der Waals surface area contributed by atoms with Gasteiger partial charge >= 0.3 is 6.03 Å². The van der Waals surface area contributed by atoms with Crippen molar-refractivity contribution in [1.82, 2.24) is 5.32 Å². The Morgan fingerprint density at radius 3 is 2.52 bits per heavy atom. The molecule has 0 aliphatic heterocycles. The van der Waals surface area contributed by atoms with E-state index >= 15 is 0 Å². The van der Waals surface area contributed by atoms with Crippen molar-refractivity contribution in [3.63, 3.8) is 0 Å². The number of urea groups is 1. The molecule has 1 aromatic rings. The van der Waals surface area contributed by atoms with E-state index in [0.717, 1.165) is 18.8 Å². The number of anilines is 1. The van der Waals surface area contributed by atoms with Gasteiger partial charge in [0.15, 0.2) is 5.78 Å². The normalized spacial score (nSPS) is 21.6. The van der Waals surface area contributed by atoms with E-state index in [0.29, 0.717) is 11.3 Å². The number of rotatable bonds is 4. The Morgan fingerprint density at radius 2 is 1.90 bits per heavy atom. The molecule has 2 N–H and O–H groups in total. The van der Waals surface area contributed by atoms with Crippen molar-refractivity contribution in [1.29, 1.82) is 0 Å². The largest absolute Gasteiger partial charge is 0.335 e. The highest BCUT2D eigenvalue weighted by Gasteiger charge is 2.21. The van der Waals surface area contributed by atoms with Crippen molar-refractivity contribution in [2.24, 2.45) is 5.92 Å². The van der Waals surface area contributed by atoms with Crippen molar-refractivity contribution in [2.75, 3.05) is 5.32 Å². The molecule has 1 aromatic carbocycles. The van der Waals surface area contributed by atoms with Crippen LogP contribution in [-0.4, -0.2) is 17.9 Å². The molecule has 0 saturated heterocycles. The molecule has 0 bridgehead atoms. The lowest BCUT2D eigenvalue weighted by Crippen LogP contribution is -2.40. The highest BCUT2D eigenvalue weighted by Crippen LogP contribution is 2.26. The Bertz CT molecular complexity index is 496. The molecule has 1 aliphatic rings. The predicted octanol–water partition coefficient (Wildman–Crippen LogP) is 3.98. The first-order valence-electron chi connectivity index (χ1n) is 7.77. The average Bonchev–Trinajstić information content (AvgIpc) is 2.47.